The Bertz CT molecular complexity index is 676. The number of likely N-dealkylation sites (tertiary alicyclic amines) is 1. The fourth-order valence-electron chi connectivity index (χ4n) is 3.82. The number of nitrogens with one attached hydrogen (secondary N) is 1. The van der Waals surface area contributed by atoms with Crippen molar-refractivity contribution in [3.8, 4) is 0 Å². The molecule has 5 nitrogen and oxygen atoms in total. The van der Waals surface area contributed by atoms with Crippen molar-refractivity contribution < 1.29 is 4.79 Å². The zero-order valence-electron chi connectivity index (χ0n) is 13.3. The highest BCUT2D eigenvalue weighted by atomic mass is 35.5. The number of halogens is 2. The van der Waals surface area contributed by atoms with Crippen LogP contribution in [0.5, 0.6) is 0 Å². The zero-order chi connectivity index (χ0) is 16.4. The number of carbonyl (C=O) groups is 1. The lowest BCUT2D eigenvalue weighted by Gasteiger charge is -2.40. The van der Waals surface area contributed by atoms with Gasteiger partial charge in [-0.1, -0.05) is 18.5 Å². The van der Waals surface area contributed by atoms with Crippen molar-refractivity contribution in [3.63, 3.8) is 0 Å². The molecule has 1 aliphatic heterocycles. The minimum absolute atomic E-state index is 0.0761. The molecule has 1 amide bonds. The van der Waals surface area contributed by atoms with Crippen LogP contribution in [-0.2, 0) is 4.79 Å². The highest BCUT2D eigenvalue weighted by molar-refractivity contribution is 6.34. The van der Waals surface area contributed by atoms with E-state index in [-0.39, 0.29) is 10.7 Å². The Morgan fingerprint density at radius 2 is 2.04 bits per heavy atom. The fraction of sp³-hybridized carbons (Fsp3) is 0.688. The van der Waals surface area contributed by atoms with E-state index in [2.05, 4.69) is 27.1 Å². The largest absolute Gasteiger partial charge is 0.366 e. The first-order valence-electron chi connectivity index (χ1n) is 8.13. The van der Waals surface area contributed by atoms with Crippen LogP contribution in [0.3, 0.4) is 0 Å². The van der Waals surface area contributed by atoms with Gasteiger partial charge >= 0.3 is 0 Å². The van der Waals surface area contributed by atoms with Crippen molar-refractivity contribution in [1.82, 2.24) is 14.9 Å². The quantitative estimate of drug-likeness (QED) is 0.847. The van der Waals surface area contributed by atoms with E-state index in [0.29, 0.717) is 40.3 Å². The predicted molar refractivity (Wildman–Crippen MR) is 89.7 cm³/mol. The van der Waals surface area contributed by atoms with Gasteiger partial charge in [0.1, 0.15) is 10.8 Å². The van der Waals surface area contributed by atoms with Crippen molar-refractivity contribution in [2.75, 3.05) is 18.4 Å². The Hall–Kier alpha value is -1.07. The number of anilines is 1. The average Bonchev–Trinajstić information content (AvgIpc) is 3.15. The molecule has 4 rings (SSSR count). The van der Waals surface area contributed by atoms with E-state index in [1.807, 2.05) is 6.92 Å². The molecule has 23 heavy (non-hydrogen) atoms. The van der Waals surface area contributed by atoms with Crippen molar-refractivity contribution in [3.05, 3.63) is 16.0 Å². The molecule has 2 aliphatic carbocycles. The molecule has 1 aromatic rings. The van der Waals surface area contributed by atoms with Crippen LogP contribution in [0.4, 0.5) is 5.82 Å². The molecule has 124 valence electrons. The molecule has 0 radical (unpaired) electrons. The highest BCUT2D eigenvalue weighted by Crippen LogP contribution is 2.50. The van der Waals surface area contributed by atoms with Crippen LogP contribution in [0.1, 0.15) is 31.9 Å². The van der Waals surface area contributed by atoms with Crippen LogP contribution in [0.15, 0.2) is 0 Å². The maximum Gasteiger partial charge on any atom is 0.228 e. The normalized spacial score (nSPS) is 30.6. The van der Waals surface area contributed by atoms with Crippen LogP contribution in [0, 0.1) is 24.2 Å². The molecule has 1 aromatic heterocycles. The number of nitrogens with zero attached hydrogens (tertiary/aromatic N) is 3. The molecule has 3 unspecified atom stereocenters. The Morgan fingerprint density at radius 3 is 2.74 bits per heavy atom. The van der Waals surface area contributed by atoms with E-state index >= 15 is 0 Å². The number of aryl methyl sites for hydroxylation is 1. The summed E-state index contributed by atoms with van der Waals surface area (Å²) >= 11 is 12.2. The second kappa shape index (κ2) is 5.21. The van der Waals surface area contributed by atoms with Gasteiger partial charge < -0.3 is 10.2 Å². The number of hydrogen-bond donors (Lipinski definition) is 1. The van der Waals surface area contributed by atoms with Gasteiger partial charge in [-0.15, -0.1) is 0 Å². The van der Waals surface area contributed by atoms with Gasteiger partial charge in [0.25, 0.3) is 0 Å². The molecule has 0 bridgehead atoms. The number of fused-ring (bicyclic) bond motifs is 1. The zero-order valence-corrected chi connectivity index (χ0v) is 14.8. The van der Waals surface area contributed by atoms with Crippen LogP contribution in [-0.4, -0.2) is 39.9 Å². The monoisotopic (exact) mass is 354 g/mol. The molecule has 1 N–H and O–H groups in total. The van der Waals surface area contributed by atoms with E-state index in [9.17, 15) is 4.79 Å². The molecule has 3 atom stereocenters. The molecule has 2 heterocycles. The van der Waals surface area contributed by atoms with Crippen LogP contribution >= 0.6 is 23.2 Å². The lowest BCUT2D eigenvalue weighted by Crippen LogP contribution is -2.45. The summed E-state index contributed by atoms with van der Waals surface area (Å²) < 4.78 is 0. The Morgan fingerprint density at radius 1 is 1.30 bits per heavy atom. The molecule has 1 saturated heterocycles. The van der Waals surface area contributed by atoms with Gasteiger partial charge in [0.2, 0.25) is 11.2 Å². The summed E-state index contributed by atoms with van der Waals surface area (Å²) in [6.07, 6.45) is 3.11. The van der Waals surface area contributed by atoms with Gasteiger partial charge in [0.15, 0.2) is 0 Å². The SMILES string of the molecule is Cc1nc(Cl)nc(NC2CC3CN(C(=O)C4(C)CC4)CC32)c1Cl. The van der Waals surface area contributed by atoms with Crippen molar-refractivity contribution >= 4 is 34.9 Å². The van der Waals surface area contributed by atoms with Gasteiger partial charge in [0, 0.05) is 30.5 Å². The maximum atomic E-state index is 12.5. The summed E-state index contributed by atoms with van der Waals surface area (Å²) in [7, 11) is 0. The molecule has 3 aliphatic rings. The van der Waals surface area contributed by atoms with Crippen LogP contribution in [0.2, 0.25) is 10.3 Å². The van der Waals surface area contributed by atoms with E-state index in [1.165, 1.54) is 0 Å². The van der Waals surface area contributed by atoms with Gasteiger partial charge in [-0.3, -0.25) is 4.79 Å². The van der Waals surface area contributed by atoms with Gasteiger partial charge in [-0.05, 0) is 43.7 Å². The van der Waals surface area contributed by atoms with Gasteiger partial charge in [0.05, 0.1) is 5.69 Å². The average molecular weight is 355 g/mol. The molecule has 0 aromatic carbocycles. The van der Waals surface area contributed by atoms with Gasteiger partial charge in [-0.25, -0.2) is 4.98 Å². The molecule has 2 saturated carbocycles. The minimum atomic E-state index is -0.0761. The first-order chi connectivity index (χ1) is 10.9. The Balaban J connectivity index is 1.43. The summed E-state index contributed by atoms with van der Waals surface area (Å²) in [5.41, 5.74) is 0.600. The predicted octanol–water partition coefficient (Wildman–Crippen LogP) is 3.15. The number of aromatic nitrogens is 2. The maximum absolute atomic E-state index is 12.5. The van der Waals surface area contributed by atoms with E-state index in [0.717, 1.165) is 32.4 Å². The smallest absolute Gasteiger partial charge is 0.228 e. The van der Waals surface area contributed by atoms with Crippen molar-refractivity contribution in [1.29, 1.82) is 0 Å². The molecular formula is C16H20Cl2N4O. The third kappa shape index (κ3) is 2.58. The molecular weight excluding hydrogens is 335 g/mol. The van der Waals surface area contributed by atoms with Crippen LogP contribution < -0.4 is 5.32 Å². The summed E-state index contributed by atoms with van der Waals surface area (Å²) in [4.78, 5) is 22.8. The number of hydrogen-bond acceptors (Lipinski definition) is 4. The number of amides is 1. The minimum Gasteiger partial charge on any atom is -0.366 e. The molecule has 7 heteroatoms. The summed E-state index contributed by atoms with van der Waals surface area (Å²) in [5.74, 6) is 2.01. The Labute approximate surface area is 145 Å². The number of carbonyl (C=O) groups excluding carboxylic acids is 1. The summed E-state index contributed by atoms with van der Waals surface area (Å²) in [6.45, 7) is 5.63. The first-order valence-corrected chi connectivity index (χ1v) is 8.88. The van der Waals surface area contributed by atoms with E-state index < -0.39 is 0 Å². The molecule has 0 spiro atoms. The standard InChI is InChI=1S/C16H20Cl2N4O/c1-8-12(17)13(21-15(18)19-8)20-11-5-9-6-22(7-10(9)11)14(23)16(2)3-4-16/h9-11H,3-7H2,1-2H3,(H,19,20,21). The number of rotatable bonds is 3. The van der Waals surface area contributed by atoms with Crippen molar-refractivity contribution in [2.24, 2.45) is 17.3 Å². The second-order valence-corrected chi connectivity index (χ2v) is 8.14. The second-order valence-electron chi connectivity index (χ2n) is 7.42. The summed E-state index contributed by atoms with van der Waals surface area (Å²) in [5, 5.41) is 4.13. The lowest BCUT2D eigenvalue weighted by atomic mass is 9.71. The Kier molecular flexibility index (Phi) is 3.50. The van der Waals surface area contributed by atoms with Crippen molar-refractivity contribution in [2.45, 2.75) is 39.2 Å². The molecule has 3 fully saturated rings. The van der Waals surface area contributed by atoms with Crippen LogP contribution in [0.25, 0.3) is 0 Å². The fourth-order valence-corrected chi connectivity index (χ4v) is 4.17. The summed E-state index contributed by atoms with van der Waals surface area (Å²) in [6, 6.07) is 0.299. The topological polar surface area (TPSA) is 58.1 Å². The highest BCUT2D eigenvalue weighted by Gasteiger charge is 2.53. The third-order valence-corrected chi connectivity index (χ3v) is 6.30. The first kappa shape index (κ1) is 15.5. The lowest BCUT2D eigenvalue weighted by molar-refractivity contribution is -0.135. The third-order valence-electron chi connectivity index (χ3n) is 5.68. The van der Waals surface area contributed by atoms with E-state index in [1.54, 1.807) is 0 Å². The van der Waals surface area contributed by atoms with E-state index in [4.69, 9.17) is 23.2 Å². The van der Waals surface area contributed by atoms with Gasteiger partial charge in [-0.2, -0.15) is 4.98 Å².